The maximum Gasteiger partial charge on any atom is 0.303 e. The molecule has 0 aliphatic carbocycles. The fraction of sp³-hybridized carbons (Fsp3) is 0.320. The molecule has 2 aromatic rings. The molecule has 2 atom stereocenters. The summed E-state index contributed by atoms with van der Waals surface area (Å²) in [5.41, 5.74) is 8.02. The Labute approximate surface area is 212 Å². The summed E-state index contributed by atoms with van der Waals surface area (Å²) in [5, 5.41) is 23.2. The summed E-state index contributed by atoms with van der Waals surface area (Å²) in [4.78, 5) is 58.5. The van der Waals surface area contributed by atoms with Gasteiger partial charge in [-0.3, -0.25) is 24.0 Å². The Kier molecular flexibility index (Phi) is 10.9. The molecule has 0 saturated carbocycles. The zero-order valence-electron chi connectivity index (χ0n) is 19.4. The van der Waals surface area contributed by atoms with E-state index >= 15 is 0 Å². The lowest BCUT2D eigenvalue weighted by Crippen LogP contribution is -2.53. The number of nitrogens with one attached hydrogen (secondary N) is 2. The second kappa shape index (κ2) is 13.8. The van der Waals surface area contributed by atoms with Crippen LogP contribution < -0.4 is 16.4 Å². The number of aryl methyl sites for hydroxylation is 1. The van der Waals surface area contributed by atoms with E-state index in [1.54, 1.807) is 6.07 Å². The van der Waals surface area contributed by atoms with Crippen molar-refractivity contribution in [2.45, 2.75) is 50.6 Å². The van der Waals surface area contributed by atoms with E-state index in [0.29, 0.717) is 11.4 Å². The number of hydrogen-bond donors (Lipinski definition) is 5. The van der Waals surface area contributed by atoms with Crippen LogP contribution >= 0.6 is 11.6 Å². The first-order valence-electron chi connectivity index (χ1n) is 11.2. The minimum absolute atomic E-state index is 0.0334. The lowest BCUT2D eigenvalue weighted by Gasteiger charge is -2.21. The summed E-state index contributed by atoms with van der Waals surface area (Å²) >= 11 is 6.03. The monoisotopic (exact) mass is 517 g/mol. The normalized spacial score (nSPS) is 12.2. The molecule has 3 amide bonds. The number of aliphatic carboxylic acids is 2. The number of carboxylic acid groups (broad SMARTS) is 2. The van der Waals surface area contributed by atoms with E-state index in [1.807, 2.05) is 42.5 Å². The van der Waals surface area contributed by atoms with E-state index in [1.165, 1.54) is 0 Å². The number of carbonyl (C=O) groups excluding carboxylic acids is 3. The van der Waals surface area contributed by atoms with Gasteiger partial charge < -0.3 is 26.6 Å². The molecule has 0 aliphatic rings. The van der Waals surface area contributed by atoms with Gasteiger partial charge in [0.15, 0.2) is 0 Å². The number of carbonyl (C=O) groups is 5. The number of halogens is 1. The van der Waals surface area contributed by atoms with Gasteiger partial charge in [0.05, 0.1) is 0 Å². The number of benzene rings is 2. The van der Waals surface area contributed by atoms with Crippen molar-refractivity contribution in [3.8, 4) is 11.1 Å². The molecule has 6 N–H and O–H groups in total. The van der Waals surface area contributed by atoms with Crippen LogP contribution in [-0.2, 0) is 30.4 Å². The fourth-order valence-electron chi connectivity index (χ4n) is 3.42. The Bertz CT molecular complexity index is 1110. The van der Waals surface area contributed by atoms with Crippen molar-refractivity contribution in [2.75, 3.05) is 0 Å². The highest BCUT2D eigenvalue weighted by molar-refractivity contribution is 6.30. The van der Waals surface area contributed by atoms with Crippen molar-refractivity contribution in [1.29, 1.82) is 0 Å². The summed E-state index contributed by atoms with van der Waals surface area (Å²) in [6.45, 7) is 0. The van der Waals surface area contributed by atoms with Gasteiger partial charge in [0, 0.05) is 24.3 Å². The largest absolute Gasteiger partial charge is 0.481 e. The van der Waals surface area contributed by atoms with Gasteiger partial charge >= 0.3 is 11.9 Å². The van der Waals surface area contributed by atoms with Crippen LogP contribution in [0.25, 0.3) is 11.1 Å². The predicted octanol–water partition coefficient (Wildman–Crippen LogP) is 2.12. The predicted molar refractivity (Wildman–Crippen MR) is 132 cm³/mol. The maximum absolute atomic E-state index is 12.6. The number of amides is 3. The molecule has 0 saturated heterocycles. The Balaban J connectivity index is 1.98. The van der Waals surface area contributed by atoms with Gasteiger partial charge in [-0.25, -0.2) is 0 Å². The number of carboxylic acids is 2. The lowest BCUT2D eigenvalue weighted by atomic mass is 10.0. The average Bonchev–Trinajstić information content (AvgIpc) is 2.82. The first kappa shape index (κ1) is 28.3. The van der Waals surface area contributed by atoms with E-state index in [-0.39, 0.29) is 19.3 Å². The molecule has 0 fully saturated rings. The number of nitrogens with two attached hydrogens (primary N) is 1. The van der Waals surface area contributed by atoms with Crippen molar-refractivity contribution < 1.29 is 34.2 Å². The van der Waals surface area contributed by atoms with Crippen molar-refractivity contribution in [3.63, 3.8) is 0 Å². The van der Waals surface area contributed by atoms with Crippen LogP contribution in [0.4, 0.5) is 0 Å². The third-order valence-corrected chi connectivity index (χ3v) is 5.59. The molecule has 0 bridgehead atoms. The number of primary amides is 1. The van der Waals surface area contributed by atoms with Crippen LogP contribution in [0.2, 0.25) is 5.02 Å². The first-order chi connectivity index (χ1) is 17.0. The molecule has 0 radical (unpaired) electrons. The maximum atomic E-state index is 12.6. The number of rotatable bonds is 14. The molecule has 0 aliphatic heterocycles. The van der Waals surface area contributed by atoms with Gasteiger partial charge in [-0.05, 0) is 48.1 Å². The minimum atomic E-state index is -1.27. The molecule has 1 unspecified atom stereocenters. The minimum Gasteiger partial charge on any atom is -0.481 e. The second-order valence-corrected chi connectivity index (χ2v) is 8.59. The quantitative estimate of drug-likeness (QED) is 0.255. The molecule has 36 heavy (non-hydrogen) atoms. The van der Waals surface area contributed by atoms with Gasteiger partial charge in [0.1, 0.15) is 12.1 Å². The highest BCUT2D eigenvalue weighted by atomic mass is 35.5. The Morgan fingerprint density at radius 2 is 1.42 bits per heavy atom. The van der Waals surface area contributed by atoms with Crippen molar-refractivity contribution in [2.24, 2.45) is 5.73 Å². The van der Waals surface area contributed by atoms with E-state index in [9.17, 15) is 24.0 Å². The lowest BCUT2D eigenvalue weighted by molar-refractivity contribution is -0.139. The van der Waals surface area contributed by atoms with E-state index in [2.05, 4.69) is 10.6 Å². The van der Waals surface area contributed by atoms with Gasteiger partial charge in [-0.1, -0.05) is 48.0 Å². The highest BCUT2D eigenvalue weighted by Gasteiger charge is 2.26. The van der Waals surface area contributed by atoms with Gasteiger partial charge in [0.25, 0.3) is 0 Å². The number of hydrogen-bond acceptors (Lipinski definition) is 5. The van der Waals surface area contributed by atoms with Crippen molar-refractivity contribution in [1.82, 2.24) is 10.6 Å². The third kappa shape index (κ3) is 9.75. The van der Waals surface area contributed by atoms with Gasteiger partial charge in [-0.2, -0.15) is 0 Å². The Morgan fingerprint density at radius 3 is 1.97 bits per heavy atom. The van der Waals surface area contributed by atoms with Gasteiger partial charge in [-0.15, -0.1) is 0 Å². The van der Waals surface area contributed by atoms with Gasteiger partial charge in [0.2, 0.25) is 17.7 Å². The molecule has 2 rings (SSSR count). The molecular formula is C25H28ClN3O7. The molecule has 0 aromatic heterocycles. The fourth-order valence-corrected chi connectivity index (χ4v) is 3.61. The van der Waals surface area contributed by atoms with Crippen LogP contribution in [0.5, 0.6) is 0 Å². The van der Waals surface area contributed by atoms with Crippen LogP contribution in [-0.4, -0.2) is 52.0 Å². The average molecular weight is 518 g/mol. The zero-order chi connectivity index (χ0) is 26.7. The molecule has 10 nitrogen and oxygen atoms in total. The Morgan fingerprint density at radius 1 is 0.806 bits per heavy atom. The van der Waals surface area contributed by atoms with Crippen LogP contribution in [0.15, 0.2) is 48.5 Å². The summed E-state index contributed by atoms with van der Waals surface area (Å²) < 4.78 is 0. The molecule has 192 valence electrons. The van der Waals surface area contributed by atoms with Crippen molar-refractivity contribution in [3.05, 3.63) is 59.1 Å². The topological polar surface area (TPSA) is 176 Å². The summed E-state index contributed by atoms with van der Waals surface area (Å²) in [5.74, 6) is -4.58. The van der Waals surface area contributed by atoms with Crippen molar-refractivity contribution >= 4 is 41.3 Å². The molecule has 2 aromatic carbocycles. The van der Waals surface area contributed by atoms with E-state index in [0.717, 1.165) is 16.7 Å². The molecular weight excluding hydrogens is 490 g/mol. The smallest absolute Gasteiger partial charge is 0.303 e. The first-order valence-corrected chi connectivity index (χ1v) is 11.6. The Hall–Kier alpha value is -3.92. The molecule has 0 heterocycles. The van der Waals surface area contributed by atoms with Crippen LogP contribution in [0, 0.1) is 0 Å². The third-order valence-electron chi connectivity index (χ3n) is 5.36. The van der Waals surface area contributed by atoms with E-state index in [4.69, 9.17) is 27.5 Å². The summed E-state index contributed by atoms with van der Waals surface area (Å²) in [6, 6.07) is 12.5. The molecule has 11 heteroatoms. The second-order valence-electron chi connectivity index (χ2n) is 8.16. The van der Waals surface area contributed by atoms with Crippen LogP contribution in [0.1, 0.15) is 37.7 Å². The summed E-state index contributed by atoms with van der Waals surface area (Å²) in [7, 11) is 0. The SMILES string of the molecule is NC(=O)[C@H](CCC(=O)O)NC(=O)C(CCC(=O)O)NC(=O)CCc1ccc(-c2cccc(Cl)c2)cc1. The molecule has 0 spiro atoms. The standard InChI is InChI=1S/C25H28ClN3O7/c26-18-3-1-2-17(14-18)16-7-4-15(5-8-16)6-11-21(30)28-20(10-13-23(33)34)25(36)29-19(24(27)35)9-12-22(31)32/h1-5,7-8,14,19-20H,6,9-13H2,(H2,27,35)(H,28,30)(H,29,36)(H,31,32)(H,33,34)/t19-,20?/m0/s1. The zero-order valence-corrected chi connectivity index (χ0v) is 20.2. The van der Waals surface area contributed by atoms with Crippen LogP contribution in [0.3, 0.4) is 0 Å². The van der Waals surface area contributed by atoms with E-state index < -0.39 is 54.6 Å². The summed E-state index contributed by atoms with van der Waals surface area (Å²) in [6.07, 6.45) is -0.855. The highest BCUT2D eigenvalue weighted by Crippen LogP contribution is 2.23.